The number of nitrogens with zero attached hydrogens (tertiary/aromatic N) is 2. The Bertz CT molecular complexity index is 864. The highest BCUT2D eigenvalue weighted by Crippen LogP contribution is 2.44. The summed E-state index contributed by atoms with van der Waals surface area (Å²) in [6.07, 6.45) is 2.83. The maximum absolute atomic E-state index is 13.2. The van der Waals surface area contributed by atoms with E-state index in [0.29, 0.717) is 31.6 Å². The Labute approximate surface area is 175 Å². The minimum atomic E-state index is -0.339. The number of rotatable bonds is 4. The Morgan fingerprint density at radius 2 is 1.66 bits per heavy atom. The third kappa shape index (κ3) is 4.32. The molecule has 2 saturated heterocycles. The zero-order valence-electron chi connectivity index (χ0n) is 16.4. The molecule has 2 fully saturated rings. The molecule has 2 aliphatic rings. The molecule has 1 spiro atoms. The average molecular weight is 413 g/mol. The zero-order valence-corrected chi connectivity index (χ0v) is 17.2. The first-order valence-electron chi connectivity index (χ1n) is 10.1. The fourth-order valence-corrected chi connectivity index (χ4v) is 5.67. The minimum Gasteiger partial charge on any atom is -0.342 e. The largest absolute Gasteiger partial charge is 0.342 e. The highest BCUT2D eigenvalue weighted by Gasteiger charge is 2.46. The maximum atomic E-state index is 13.2. The van der Waals surface area contributed by atoms with Gasteiger partial charge in [-0.3, -0.25) is 9.59 Å². The Morgan fingerprint density at radius 3 is 2.34 bits per heavy atom. The molecule has 4 rings (SSSR count). The van der Waals surface area contributed by atoms with E-state index in [1.54, 1.807) is 12.1 Å². The van der Waals surface area contributed by atoms with Gasteiger partial charge < -0.3 is 9.80 Å². The van der Waals surface area contributed by atoms with Gasteiger partial charge in [-0.2, -0.15) is 0 Å². The SMILES string of the molecule is O=C(CCc1ccccc1)N1CCC2(CC1)SCCN2C(=O)c1ccc(F)cc1. The number of amides is 2. The van der Waals surface area contributed by atoms with Crippen LogP contribution >= 0.6 is 11.8 Å². The number of thioether (sulfide) groups is 1. The van der Waals surface area contributed by atoms with E-state index in [4.69, 9.17) is 0 Å². The first-order chi connectivity index (χ1) is 14.1. The van der Waals surface area contributed by atoms with Gasteiger partial charge in [0.05, 0.1) is 4.87 Å². The molecule has 0 radical (unpaired) electrons. The van der Waals surface area contributed by atoms with E-state index in [0.717, 1.165) is 25.0 Å². The fraction of sp³-hybridized carbons (Fsp3) is 0.391. The van der Waals surface area contributed by atoms with Gasteiger partial charge in [0.2, 0.25) is 5.91 Å². The van der Waals surface area contributed by atoms with Crippen LogP contribution in [0.4, 0.5) is 4.39 Å². The van der Waals surface area contributed by atoms with Crippen molar-refractivity contribution in [1.29, 1.82) is 0 Å². The molecule has 2 aliphatic heterocycles. The normalized spacial score (nSPS) is 18.2. The summed E-state index contributed by atoms with van der Waals surface area (Å²) in [5, 5.41) is 0. The lowest BCUT2D eigenvalue weighted by atomic mass is 10.00. The summed E-state index contributed by atoms with van der Waals surface area (Å²) in [5.41, 5.74) is 1.70. The molecule has 2 amide bonds. The molecule has 0 unspecified atom stereocenters. The van der Waals surface area contributed by atoms with E-state index in [2.05, 4.69) is 0 Å². The van der Waals surface area contributed by atoms with Gasteiger partial charge in [0.25, 0.3) is 5.91 Å². The Morgan fingerprint density at radius 1 is 0.966 bits per heavy atom. The summed E-state index contributed by atoms with van der Waals surface area (Å²) in [6, 6.07) is 15.8. The molecule has 0 saturated carbocycles. The third-order valence-electron chi connectivity index (χ3n) is 5.88. The van der Waals surface area contributed by atoms with E-state index in [1.807, 2.05) is 51.9 Å². The molecule has 2 aromatic rings. The molecule has 0 bridgehead atoms. The lowest BCUT2D eigenvalue weighted by Crippen LogP contribution is -2.53. The minimum absolute atomic E-state index is 0.0427. The first kappa shape index (κ1) is 20.0. The van der Waals surface area contributed by atoms with Crippen LogP contribution in [0.5, 0.6) is 0 Å². The fourth-order valence-electron chi connectivity index (χ4n) is 4.22. The molecule has 0 N–H and O–H groups in total. The Balaban J connectivity index is 1.36. The van der Waals surface area contributed by atoms with Crippen molar-refractivity contribution in [2.24, 2.45) is 0 Å². The van der Waals surface area contributed by atoms with Crippen LogP contribution in [0.15, 0.2) is 54.6 Å². The number of carbonyl (C=O) groups excluding carboxylic acids is 2. The summed E-state index contributed by atoms with van der Waals surface area (Å²) in [7, 11) is 0. The quantitative estimate of drug-likeness (QED) is 0.763. The van der Waals surface area contributed by atoms with Gasteiger partial charge in [-0.15, -0.1) is 11.8 Å². The zero-order chi connectivity index (χ0) is 20.3. The van der Waals surface area contributed by atoms with Gasteiger partial charge in [-0.05, 0) is 49.1 Å². The van der Waals surface area contributed by atoms with Gasteiger partial charge >= 0.3 is 0 Å². The first-order valence-corrected chi connectivity index (χ1v) is 11.1. The van der Waals surface area contributed by atoms with Crippen LogP contribution in [0.3, 0.4) is 0 Å². The van der Waals surface area contributed by atoms with Crippen LogP contribution < -0.4 is 0 Å². The molecule has 0 aliphatic carbocycles. The summed E-state index contributed by atoms with van der Waals surface area (Å²) >= 11 is 1.82. The van der Waals surface area contributed by atoms with Crippen LogP contribution in [0.2, 0.25) is 0 Å². The standard InChI is InChI=1S/C23H25FN2O2S/c24-20-9-7-19(8-10-20)22(28)26-16-17-29-23(26)12-14-25(15-13-23)21(27)11-6-18-4-2-1-3-5-18/h1-5,7-10H,6,11-17H2. The predicted molar refractivity (Wildman–Crippen MR) is 113 cm³/mol. The monoisotopic (exact) mass is 412 g/mol. The number of likely N-dealkylation sites (tertiary alicyclic amines) is 1. The summed E-state index contributed by atoms with van der Waals surface area (Å²) in [6.45, 7) is 2.05. The summed E-state index contributed by atoms with van der Waals surface area (Å²) in [4.78, 5) is 29.3. The van der Waals surface area contributed by atoms with Crippen molar-refractivity contribution in [1.82, 2.24) is 9.80 Å². The van der Waals surface area contributed by atoms with E-state index in [9.17, 15) is 14.0 Å². The number of piperidine rings is 1. The van der Waals surface area contributed by atoms with Crippen LogP contribution in [0.1, 0.15) is 35.2 Å². The number of hydrogen-bond acceptors (Lipinski definition) is 3. The van der Waals surface area contributed by atoms with Crippen molar-refractivity contribution in [2.45, 2.75) is 30.6 Å². The highest BCUT2D eigenvalue weighted by atomic mass is 32.2. The predicted octanol–water partition coefficient (Wildman–Crippen LogP) is 3.97. The van der Waals surface area contributed by atoms with Gasteiger partial charge in [0, 0.05) is 37.4 Å². The van der Waals surface area contributed by atoms with Crippen molar-refractivity contribution < 1.29 is 14.0 Å². The molecule has 29 heavy (non-hydrogen) atoms. The van der Waals surface area contributed by atoms with E-state index < -0.39 is 0 Å². The topological polar surface area (TPSA) is 40.6 Å². The smallest absolute Gasteiger partial charge is 0.254 e. The number of halogens is 1. The molecule has 0 aromatic heterocycles. The summed E-state index contributed by atoms with van der Waals surface area (Å²) in [5.74, 6) is 0.700. The van der Waals surface area contributed by atoms with Crippen molar-refractivity contribution in [2.75, 3.05) is 25.4 Å². The van der Waals surface area contributed by atoms with Crippen LogP contribution in [-0.4, -0.2) is 51.9 Å². The maximum Gasteiger partial charge on any atom is 0.254 e. The van der Waals surface area contributed by atoms with Crippen molar-refractivity contribution >= 4 is 23.6 Å². The lowest BCUT2D eigenvalue weighted by molar-refractivity contribution is -0.132. The molecule has 6 heteroatoms. The molecular weight excluding hydrogens is 387 g/mol. The lowest BCUT2D eigenvalue weighted by Gasteiger charge is -2.44. The van der Waals surface area contributed by atoms with Gasteiger partial charge in [0.1, 0.15) is 5.82 Å². The molecular formula is C23H25FN2O2S. The van der Waals surface area contributed by atoms with Gasteiger partial charge in [-0.25, -0.2) is 4.39 Å². The van der Waals surface area contributed by atoms with Crippen molar-refractivity contribution in [3.8, 4) is 0 Å². The second-order valence-electron chi connectivity index (χ2n) is 7.62. The molecule has 2 heterocycles. The van der Waals surface area contributed by atoms with Crippen LogP contribution in [0.25, 0.3) is 0 Å². The van der Waals surface area contributed by atoms with Gasteiger partial charge in [0.15, 0.2) is 0 Å². The third-order valence-corrected chi connectivity index (χ3v) is 7.43. The van der Waals surface area contributed by atoms with Crippen LogP contribution in [-0.2, 0) is 11.2 Å². The average Bonchev–Trinajstić information content (AvgIpc) is 3.16. The van der Waals surface area contributed by atoms with E-state index >= 15 is 0 Å². The van der Waals surface area contributed by atoms with E-state index in [1.165, 1.54) is 17.7 Å². The highest BCUT2D eigenvalue weighted by molar-refractivity contribution is 8.00. The number of hydrogen-bond donors (Lipinski definition) is 0. The second kappa shape index (κ2) is 8.57. The number of benzene rings is 2. The van der Waals surface area contributed by atoms with E-state index in [-0.39, 0.29) is 22.5 Å². The second-order valence-corrected chi connectivity index (χ2v) is 9.08. The number of aryl methyl sites for hydroxylation is 1. The Kier molecular flexibility index (Phi) is 5.90. The van der Waals surface area contributed by atoms with Crippen molar-refractivity contribution in [3.63, 3.8) is 0 Å². The molecule has 4 nitrogen and oxygen atoms in total. The summed E-state index contributed by atoms with van der Waals surface area (Å²) < 4.78 is 13.2. The molecule has 152 valence electrons. The van der Waals surface area contributed by atoms with Gasteiger partial charge in [-0.1, -0.05) is 30.3 Å². The Hall–Kier alpha value is -2.34. The molecule has 0 atom stereocenters. The molecule has 2 aromatic carbocycles. The van der Waals surface area contributed by atoms with Crippen molar-refractivity contribution in [3.05, 3.63) is 71.5 Å². The van der Waals surface area contributed by atoms with Crippen LogP contribution in [0, 0.1) is 5.82 Å². The number of carbonyl (C=O) groups is 2.